The standard InChI is InChI=1S/C11H9ClN2/c12-11-10(2-1-7-14-11)8-3-5-9(13)6-4-8/h1-7H,13H2. The summed E-state index contributed by atoms with van der Waals surface area (Å²) in [7, 11) is 0. The summed E-state index contributed by atoms with van der Waals surface area (Å²) >= 11 is 5.96. The first kappa shape index (κ1) is 9.03. The number of anilines is 1. The summed E-state index contributed by atoms with van der Waals surface area (Å²) in [5.74, 6) is 0. The van der Waals surface area contributed by atoms with Crippen molar-refractivity contribution in [2.75, 3.05) is 5.73 Å². The lowest BCUT2D eigenvalue weighted by atomic mass is 10.1. The van der Waals surface area contributed by atoms with Crippen molar-refractivity contribution in [3.8, 4) is 11.1 Å². The van der Waals surface area contributed by atoms with Crippen LogP contribution >= 0.6 is 11.6 Å². The van der Waals surface area contributed by atoms with Crippen LogP contribution in [0.5, 0.6) is 0 Å². The minimum Gasteiger partial charge on any atom is -0.399 e. The molecule has 1 heterocycles. The van der Waals surface area contributed by atoms with Crippen molar-refractivity contribution in [3.63, 3.8) is 0 Å². The molecule has 0 spiro atoms. The first-order chi connectivity index (χ1) is 6.77. The Bertz CT molecular complexity index is 437. The van der Waals surface area contributed by atoms with Gasteiger partial charge in [0.25, 0.3) is 0 Å². The molecule has 0 fully saturated rings. The zero-order valence-corrected chi connectivity index (χ0v) is 8.20. The van der Waals surface area contributed by atoms with Gasteiger partial charge in [-0.05, 0) is 29.8 Å². The van der Waals surface area contributed by atoms with Crippen LogP contribution in [0.3, 0.4) is 0 Å². The number of hydrogen-bond acceptors (Lipinski definition) is 2. The van der Waals surface area contributed by atoms with E-state index in [9.17, 15) is 0 Å². The molecule has 0 saturated carbocycles. The maximum atomic E-state index is 5.96. The summed E-state index contributed by atoms with van der Waals surface area (Å²) in [6, 6.07) is 11.3. The quantitative estimate of drug-likeness (QED) is 0.573. The lowest BCUT2D eigenvalue weighted by Crippen LogP contribution is -1.85. The normalized spacial score (nSPS) is 10.1. The lowest BCUT2D eigenvalue weighted by Gasteiger charge is -2.03. The van der Waals surface area contributed by atoms with Crippen molar-refractivity contribution in [3.05, 3.63) is 47.7 Å². The number of nitrogens with zero attached hydrogens (tertiary/aromatic N) is 1. The Balaban J connectivity index is 2.50. The van der Waals surface area contributed by atoms with Gasteiger partial charge in [-0.3, -0.25) is 0 Å². The van der Waals surface area contributed by atoms with Gasteiger partial charge in [-0.2, -0.15) is 0 Å². The van der Waals surface area contributed by atoms with Gasteiger partial charge >= 0.3 is 0 Å². The molecule has 0 amide bonds. The van der Waals surface area contributed by atoms with Crippen molar-refractivity contribution in [2.24, 2.45) is 0 Å². The fourth-order valence-electron chi connectivity index (χ4n) is 1.26. The Labute approximate surface area is 87.4 Å². The van der Waals surface area contributed by atoms with Crippen LogP contribution in [-0.2, 0) is 0 Å². The van der Waals surface area contributed by atoms with E-state index in [2.05, 4.69) is 4.98 Å². The monoisotopic (exact) mass is 204 g/mol. The van der Waals surface area contributed by atoms with Gasteiger partial charge in [0.15, 0.2) is 0 Å². The molecule has 0 aliphatic heterocycles. The first-order valence-corrected chi connectivity index (χ1v) is 4.61. The summed E-state index contributed by atoms with van der Waals surface area (Å²) in [6.45, 7) is 0. The molecule has 2 N–H and O–H groups in total. The molecule has 0 unspecified atom stereocenters. The second-order valence-electron chi connectivity index (χ2n) is 2.96. The maximum absolute atomic E-state index is 5.96. The molecule has 1 aromatic heterocycles. The van der Waals surface area contributed by atoms with Crippen LogP contribution in [0.4, 0.5) is 5.69 Å². The SMILES string of the molecule is Nc1ccc(-c2cccnc2Cl)cc1. The number of rotatable bonds is 1. The molecule has 0 aliphatic rings. The van der Waals surface area contributed by atoms with E-state index < -0.39 is 0 Å². The molecule has 0 atom stereocenters. The molecule has 2 rings (SSSR count). The average Bonchev–Trinajstić information content (AvgIpc) is 2.20. The van der Waals surface area contributed by atoms with E-state index in [1.165, 1.54) is 0 Å². The minimum atomic E-state index is 0.511. The Kier molecular flexibility index (Phi) is 2.37. The zero-order chi connectivity index (χ0) is 9.97. The highest BCUT2D eigenvalue weighted by molar-refractivity contribution is 6.32. The molecule has 14 heavy (non-hydrogen) atoms. The summed E-state index contributed by atoms with van der Waals surface area (Å²) in [5.41, 5.74) is 8.29. The number of nitrogen functional groups attached to an aromatic ring is 1. The first-order valence-electron chi connectivity index (χ1n) is 4.24. The molecule has 0 aliphatic carbocycles. The van der Waals surface area contributed by atoms with Gasteiger partial charge in [0.1, 0.15) is 5.15 Å². The molecular weight excluding hydrogens is 196 g/mol. The van der Waals surface area contributed by atoms with Gasteiger partial charge < -0.3 is 5.73 Å². The highest BCUT2D eigenvalue weighted by atomic mass is 35.5. The Morgan fingerprint density at radius 1 is 1.07 bits per heavy atom. The van der Waals surface area contributed by atoms with Crippen LogP contribution < -0.4 is 5.73 Å². The van der Waals surface area contributed by atoms with Crippen molar-refractivity contribution in [1.29, 1.82) is 0 Å². The van der Waals surface area contributed by atoms with E-state index in [0.29, 0.717) is 5.15 Å². The molecule has 70 valence electrons. The molecule has 1 aromatic carbocycles. The van der Waals surface area contributed by atoms with Gasteiger partial charge in [0, 0.05) is 17.4 Å². The number of aromatic nitrogens is 1. The van der Waals surface area contributed by atoms with Crippen LogP contribution in [0.1, 0.15) is 0 Å². The van der Waals surface area contributed by atoms with Crippen LogP contribution in [0, 0.1) is 0 Å². The summed E-state index contributed by atoms with van der Waals surface area (Å²) in [6.07, 6.45) is 1.67. The topological polar surface area (TPSA) is 38.9 Å². The zero-order valence-electron chi connectivity index (χ0n) is 7.44. The van der Waals surface area contributed by atoms with Crippen LogP contribution in [0.15, 0.2) is 42.6 Å². The third-order valence-corrected chi connectivity index (χ3v) is 2.28. The Morgan fingerprint density at radius 2 is 1.79 bits per heavy atom. The second-order valence-corrected chi connectivity index (χ2v) is 3.32. The molecule has 2 aromatic rings. The van der Waals surface area contributed by atoms with Crippen molar-refractivity contribution < 1.29 is 0 Å². The summed E-state index contributed by atoms with van der Waals surface area (Å²) in [4.78, 5) is 4.01. The molecule has 3 heteroatoms. The number of pyridine rings is 1. The molecule has 0 radical (unpaired) electrons. The molecular formula is C11H9ClN2. The van der Waals surface area contributed by atoms with E-state index in [1.807, 2.05) is 36.4 Å². The van der Waals surface area contributed by atoms with E-state index in [4.69, 9.17) is 17.3 Å². The minimum absolute atomic E-state index is 0.511. The number of hydrogen-bond donors (Lipinski definition) is 1. The molecule has 0 bridgehead atoms. The second kappa shape index (κ2) is 3.68. The maximum Gasteiger partial charge on any atom is 0.136 e. The van der Waals surface area contributed by atoms with Crippen molar-refractivity contribution >= 4 is 17.3 Å². The highest BCUT2D eigenvalue weighted by Gasteiger charge is 2.02. The Hall–Kier alpha value is -1.54. The summed E-state index contributed by atoms with van der Waals surface area (Å²) < 4.78 is 0. The van der Waals surface area contributed by atoms with Crippen LogP contribution in [0.25, 0.3) is 11.1 Å². The Morgan fingerprint density at radius 3 is 2.43 bits per heavy atom. The van der Waals surface area contributed by atoms with Gasteiger partial charge in [-0.15, -0.1) is 0 Å². The third-order valence-electron chi connectivity index (χ3n) is 1.98. The van der Waals surface area contributed by atoms with E-state index in [0.717, 1.165) is 16.8 Å². The number of nitrogens with two attached hydrogens (primary N) is 1. The van der Waals surface area contributed by atoms with Crippen molar-refractivity contribution in [1.82, 2.24) is 4.98 Å². The third kappa shape index (κ3) is 1.70. The van der Waals surface area contributed by atoms with Gasteiger partial charge in [0.2, 0.25) is 0 Å². The van der Waals surface area contributed by atoms with Crippen LogP contribution in [0.2, 0.25) is 5.15 Å². The smallest absolute Gasteiger partial charge is 0.136 e. The fourth-order valence-corrected chi connectivity index (χ4v) is 1.49. The predicted molar refractivity (Wildman–Crippen MR) is 59.1 cm³/mol. The fraction of sp³-hybridized carbons (Fsp3) is 0. The van der Waals surface area contributed by atoms with E-state index >= 15 is 0 Å². The number of halogens is 1. The van der Waals surface area contributed by atoms with Gasteiger partial charge in [0.05, 0.1) is 0 Å². The molecule has 0 saturated heterocycles. The highest BCUT2D eigenvalue weighted by Crippen LogP contribution is 2.25. The van der Waals surface area contributed by atoms with E-state index in [1.54, 1.807) is 6.20 Å². The molecule has 2 nitrogen and oxygen atoms in total. The lowest BCUT2D eigenvalue weighted by molar-refractivity contribution is 1.33. The number of benzene rings is 1. The van der Waals surface area contributed by atoms with Crippen molar-refractivity contribution in [2.45, 2.75) is 0 Å². The van der Waals surface area contributed by atoms with Gasteiger partial charge in [-0.25, -0.2) is 4.98 Å². The predicted octanol–water partition coefficient (Wildman–Crippen LogP) is 2.98. The summed E-state index contributed by atoms with van der Waals surface area (Å²) in [5, 5.41) is 0.511. The average molecular weight is 205 g/mol. The largest absolute Gasteiger partial charge is 0.399 e. The van der Waals surface area contributed by atoms with E-state index in [-0.39, 0.29) is 0 Å². The van der Waals surface area contributed by atoms with Crippen LogP contribution in [-0.4, -0.2) is 4.98 Å². The van der Waals surface area contributed by atoms with Gasteiger partial charge in [-0.1, -0.05) is 23.7 Å².